The van der Waals surface area contributed by atoms with Crippen LogP contribution in [0.4, 0.5) is 5.69 Å². The molecule has 0 amide bonds. The van der Waals surface area contributed by atoms with Gasteiger partial charge in [0, 0.05) is 16.3 Å². The largest absolute Gasteiger partial charge is 0.353 e. The van der Waals surface area contributed by atoms with Gasteiger partial charge in [0.15, 0.2) is 5.11 Å². The molecule has 0 fully saturated rings. The van der Waals surface area contributed by atoms with Gasteiger partial charge in [0.1, 0.15) is 0 Å². The topological polar surface area (TPSA) is 63.0 Å². The van der Waals surface area contributed by atoms with Crippen LogP contribution in [0.2, 0.25) is 5.02 Å². The average Bonchev–Trinajstić information content (AvgIpc) is 3.06. The molecular formula is C18H17ClN4OS. The first-order chi connectivity index (χ1) is 12.0. The summed E-state index contributed by atoms with van der Waals surface area (Å²) in [7, 11) is 0. The fourth-order valence-corrected chi connectivity index (χ4v) is 2.51. The van der Waals surface area contributed by atoms with Crippen LogP contribution in [0.3, 0.4) is 0 Å². The van der Waals surface area contributed by atoms with Crippen LogP contribution in [0.5, 0.6) is 0 Å². The Morgan fingerprint density at radius 2 is 1.88 bits per heavy atom. The van der Waals surface area contributed by atoms with Gasteiger partial charge in [-0.2, -0.15) is 4.98 Å². The summed E-state index contributed by atoms with van der Waals surface area (Å²) in [5, 5.41) is 11.3. The Hall–Kier alpha value is -2.44. The quantitative estimate of drug-likeness (QED) is 0.658. The number of rotatable bonds is 4. The third-order valence-electron chi connectivity index (χ3n) is 3.74. The molecule has 1 heterocycles. The fourth-order valence-electron chi connectivity index (χ4n) is 2.19. The normalized spacial score (nSPS) is 10.5. The second kappa shape index (κ2) is 7.63. The van der Waals surface area contributed by atoms with Gasteiger partial charge in [-0.15, -0.1) is 0 Å². The van der Waals surface area contributed by atoms with E-state index in [9.17, 15) is 0 Å². The molecule has 3 rings (SSSR count). The first kappa shape index (κ1) is 17.4. The van der Waals surface area contributed by atoms with Crippen molar-refractivity contribution in [3.8, 4) is 11.4 Å². The summed E-state index contributed by atoms with van der Waals surface area (Å²) in [5.41, 5.74) is 4.23. The van der Waals surface area contributed by atoms with E-state index in [1.165, 1.54) is 11.1 Å². The first-order valence-corrected chi connectivity index (χ1v) is 8.50. The lowest BCUT2D eigenvalue weighted by Crippen LogP contribution is -2.28. The van der Waals surface area contributed by atoms with Crippen LogP contribution in [0.1, 0.15) is 17.0 Å². The number of hydrogen-bond donors (Lipinski definition) is 2. The molecule has 0 radical (unpaired) electrons. The van der Waals surface area contributed by atoms with Gasteiger partial charge in [-0.1, -0.05) is 22.8 Å². The molecule has 0 unspecified atom stereocenters. The molecule has 0 aliphatic rings. The standard InChI is InChI=1S/C18H17ClN4OS/c1-11-3-8-15(9-12(11)2)21-18(25)20-10-16-22-17(23-24-16)13-4-6-14(19)7-5-13/h3-9H,10H2,1-2H3,(H2,20,21,25). The Kier molecular flexibility index (Phi) is 5.31. The molecule has 0 saturated heterocycles. The molecule has 0 saturated carbocycles. The summed E-state index contributed by atoms with van der Waals surface area (Å²) in [6, 6.07) is 13.3. The van der Waals surface area contributed by atoms with Gasteiger partial charge in [-0.3, -0.25) is 0 Å². The van der Waals surface area contributed by atoms with E-state index in [-0.39, 0.29) is 0 Å². The molecule has 2 aromatic carbocycles. The van der Waals surface area contributed by atoms with Crippen molar-refractivity contribution in [2.24, 2.45) is 0 Å². The minimum Gasteiger partial charge on any atom is -0.353 e. The summed E-state index contributed by atoms with van der Waals surface area (Å²) in [4.78, 5) is 4.34. The zero-order valence-corrected chi connectivity index (χ0v) is 15.4. The van der Waals surface area contributed by atoms with Crippen LogP contribution in [0.15, 0.2) is 47.0 Å². The summed E-state index contributed by atoms with van der Waals surface area (Å²) in [5.74, 6) is 0.968. The van der Waals surface area contributed by atoms with Crippen LogP contribution in [0, 0.1) is 13.8 Å². The molecule has 5 nitrogen and oxygen atoms in total. The van der Waals surface area contributed by atoms with Gasteiger partial charge < -0.3 is 15.2 Å². The highest BCUT2D eigenvalue weighted by Crippen LogP contribution is 2.18. The van der Waals surface area contributed by atoms with Crippen molar-refractivity contribution in [3.63, 3.8) is 0 Å². The number of anilines is 1. The highest BCUT2D eigenvalue weighted by molar-refractivity contribution is 7.80. The molecule has 2 N–H and O–H groups in total. The van der Waals surface area contributed by atoms with Crippen molar-refractivity contribution >= 4 is 34.6 Å². The second-order valence-electron chi connectivity index (χ2n) is 5.63. The third-order valence-corrected chi connectivity index (χ3v) is 4.23. The van der Waals surface area contributed by atoms with Crippen molar-refractivity contribution in [1.29, 1.82) is 0 Å². The van der Waals surface area contributed by atoms with Gasteiger partial charge in [-0.05, 0) is 73.6 Å². The van der Waals surface area contributed by atoms with Crippen molar-refractivity contribution < 1.29 is 4.52 Å². The van der Waals surface area contributed by atoms with Crippen molar-refractivity contribution in [2.75, 3.05) is 5.32 Å². The molecule has 3 aromatic rings. The number of aryl methyl sites for hydroxylation is 2. The first-order valence-electron chi connectivity index (χ1n) is 7.72. The monoisotopic (exact) mass is 372 g/mol. The second-order valence-corrected chi connectivity index (χ2v) is 6.47. The molecule has 0 atom stereocenters. The lowest BCUT2D eigenvalue weighted by molar-refractivity contribution is 0.376. The van der Waals surface area contributed by atoms with Gasteiger partial charge in [0.2, 0.25) is 11.7 Å². The summed E-state index contributed by atoms with van der Waals surface area (Å²) < 4.78 is 5.24. The lowest BCUT2D eigenvalue weighted by atomic mass is 10.1. The molecule has 25 heavy (non-hydrogen) atoms. The van der Waals surface area contributed by atoms with Crippen molar-refractivity contribution in [2.45, 2.75) is 20.4 Å². The lowest BCUT2D eigenvalue weighted by Gasteiger charge is -2.10. The minimum absolute atomic E-state index is 0.345. The SMILES string of the molecule is Cc1ccc(NC(=S)NCc2nc(-c3ccc(Cl)cc3)no2)cc1C. The van der Waals surface area contributed by atoms with E-state index >= 15 is 0 Å². The Balaban J connectivity index is 1.57. The van der Waals surface area contributed by atoms with E-state index < -0.39 is 0 Å². The minimum atomic E-state index is 0.345. The molecule has 128 valence electrons. The highest BCUT2D eigenvalue weighted by atomic mass is 35.5. The van der Waals surface area contributed by atoms with E-state index in [0.29, 0.717) is 28.4 Å². The van der Waals surface area contributed by atoms with Gasteiger partial charge in [-0.25, -0.2) is 0 Å². The van der Waals surface area contributed by atoms with Gasteiger partial charge >= 0.3 is 0 Å². The zero-order chi connectivity index (χ0) is 17.8. The Morgan fingerprint density at radius 3 is 2.60 bits per heavy atom. The van der Waals surface area contributed by atoms with E-state index in [0.717, 1.165) is 11.3 Å². The summed E-state index contributed by atoms with van der Waals surface area (Å²) in [6.07, 6.45) is 0. The maximum Gasteiger partial charge on any atom is 0.246 e. The van der Waals surface area contributed by atoms with Crippen molar-refractivity contribution in [1.82, 2.24) is 15.5 Å². The molecular weight excluding hydrogens is 356 g/mol. The molecule has 0 aliphatic heterocycles. The average molecular weight is 373 g/mol. The number of aromatic nitrogens is 2. The summed E-state index contributed by atoms with van der Waals surface area (Å²) >= 11 is 11.2. The molecule has 1 aromatic heterocycles. The fraction of sp³-hybridized carbons (Fsp3) is 0.167. The molecule has 0 bridgehead atoms. The molecule has 0 aliphatic carbocycles. The maximum atomic E-state index is 5.88. The van der Waals surface area contributed by atoms with Crippen LogP contribution in [0.25, 0.3) is 11.4 Å². The number of nitrogens with one attached hydrogen (secondary N) is 2. The summed E-state index contributed by atoms with van der Waals surface area (Å²) in [6.45, 7) is 4.48. The van der Waals surface area contributed by atoms with Gasteiger partial charge in [0.25, 0.3) is 0 Å². The van der Waals surface area contributed by atoms with Crippen LogP contribution >= 0.6 is 23.8 Å². The Bertz CT molecular complexity index is 892. The number of hydrogen-bond acceptors (Lipinski definition) is 4. The Labute approximate surface area is 156 Å². The molecule has 0 spiro atoms. The highest BCUT2D eigenvalue weighted by Gasteiger charge is 2.09. The van der Waals surface area contributed by atoms with Gasteiger partial charge in [0.05, 0.1) is 6.54 Å². The number of benzene rings is 2. The smallest absolute Gasteiger partial charge is 0.246 e. The van der Waals surface area contributed by atoms with E-state index in [4.69, 9.17) is 28.3 Å². The van der Waals surface area contributed by atoms with Crippen molar-refractivity contribution in [3.05, 3.63) is 64.5 Å². The number of halogens is 1. The predicted molar refractivity (Wildman–Crippen MR) is 104 cm³/mol. The third kappa shape index (κ3) is 4.55. The predicted octanol–water partition coefficient (Wildman–Crippen LogP) is 4.49. The van der Waals surface area contributed by atoms with E-state index in [1.807, 2.05) is 18.2 Å². The number of thiocarbonyl (C=S) groups is 1. The molecule has 7 heteroatoms. The van der Waals surface area contributed by atoms with Crippen LogP contribution in [-0.4, -0.2) is 15.3 Å². The van der Waals surface area contributed by atoms with Crippen LogP contribution < -0.4 is 10.6 Å². The van der Waals surface area contributed by atoms with Crippen LogP contribution in [-0.2, 0) is 6.54 Å². The number of nitrogens with zero attached hydrogens (tertiary/aromatic N) is 2. The van der Waals surface area contributed by atoms with E-state index in [1.54, 1.807) is 12.1 Å². The zero-order valence-electron chi connectivity index (χ0n) is 13.8. The Morgan fingerprint density at radius 1 is 1.12 bits per heavy atom. The van der Waals surface area contributed by atoms with E-state index in [2.05, 4.69) is 46.8 Å². The maximum absolute atomic E-state index is 5.88.